The SMILES string of the molecule is IC1=C(I)SC(=C2SC3=C(CCC3)S2)S1. The van der Waals surface area contributed by atoms with Gasteiger partial charge in [-0.3, -0.25) is 0 Å². The Morgan fingerprint density at radius 1 is 0.733 bits per heavy atom. The minimum atomic E-state index is 1.32. The first-order valence-corrected chi connectivity index (χ1v) is 9.89. The van der Waals surface area contributed by atoms with Crippen molar-refractivity contribution in [3.8, 4) is 0 Å². The lowest BCUT2D eigenvalue weighted by atomic mass is 10.4. The zero-order valence-corrected chi connectivity index (χ0v) is 15.1. The predicted octanol–water partition coefficient (Wildman–Crippen LogP) is 6.47. The molecule has 0 spiro atoms. The normalized spacial score (nSPS) is 26.0. The minimum absolute atomic E-state index is 1.32. The average Bonchev–Trinajstić information content (AvgIpc) is 2.80. The molecule has 0 saturated carbocycles. The fourth-order valence-corrected chi connectivity index (χ4v) is 9.59. The topological polar surface area (TPSA) is 0 Å². The highest BCUT2D eigenvalue weighted by Gasteiger charge is 2.30. The van der Waals surface area contributed by atoms with Crippen LogP contribution in [0.5, 0.6) is 0 Å². The molecular weight excluding hydrogens is 490 g/mol. The van der Waals surface area contributed by atoms with Gasteiger partial charge in [0.25, 0.3) is 0 Å². The Labute approximate surface area is 134 Å². The van der Waals surface area contributed by atoms with Gasteiger partial charge in [-0.15, -0.1) is 0 Å². The van der Waals surface area contributed by atoms with Gasteiger partial charge >= 0.3 is 0 Å². The molecule has 0 aromatic carbocycles. The van der Waals surface area contributed by atoms with Gasteiger partial charge in [0.1, 0.15) is 0 Å². The summed E-state index contributed by atoms with van der Waals surface area (Å²) in [4.78, 5) is 3.31. The highest BCUT2D eigenvalue weighted by molar-refractivity contribution is 14.1. The summed E-state index contributed by atoms with van der Waals surface area (Å²) in [5, 5.41) is 0. The van der Waals surface area contributed by atoms with Gasteiger partial charge in [0.05, 0.1) is 14.3 Å². The number of rotatable bonds is 0. The predicted molar refractivity (Wildman–Crippen MR) is 93.3 cm³/mol. The van der Waals surface area contributed by atoms with E-state index in [1.54, 1.807) is 9.81 Å². The van der Waals surface area contributed by atoms with Crippen molar-refractivity contribution >= 4 is 92.2 Å². The van der Waals surface area contributed by atoms with E-state index in [0.717, 1.165) is 0 Å². The van der Waals surface area contributed by atoms with Crippen LogP contribution in [0.3, 0.4) is 0 Å². The second kappa shape index (κ2) is 4.99. The lowest BCUT2D eigenvalue weighted by Gasteiger charge is -2.03. The molecule has 0 atom stereocenters. The zero-order valence-electron chi connectivity index (χ0n) is 7.51. The molecule has 1 aliphatic carbocycles. The summed E-state index contributed by atoms with van der Waals surface area (Å²) in [6, 6.07) is 0. The van der Waals surface area contributed by atoms with Gasteiger partial charge in [-0.25, -0.2) is 0 Å². The van der Waals surface area contributed by atoms with Gasteiger partial charge in [0.2, 0.25) is 0 Å². The fourth-order valence-electron chi connectivity index (χ4n) is 1.58. The first-order chi connectivity index (χ1) is 7.24. The van der Waals surface area contributed by atoms with Crippen LogP contribution in [0.4, 0.5) is 0 Å². The van der Waals surface area contributed by atoms with Crippen molar-refractivity contribution in [2.24, 2.45) is 0 Å². The molecule has 0 N–H and O–H groups in total. The molecule has 0 aromatic heterocycles. The van der Waals surface area contributed by atoms with Crippen molar-refractivity contribution in [1.82, 2.24) is 0 Å². The maximum Gasteiger partial charge on any atom is 0.0715 e. The summed E-state index contributed by atoms with van der Waals surface area (Å²) >= 11 is 12.8. The second-order valence-corrected chi connectivity index (χ2v) is 11.6. The van der Waals surface area contributed by atoms with Crippen molar-refractivity contribution in [2.45, 2.75) is 19.3 Å². The number of hydrogen-bond acceptors (Lipinski definition) is 4. The van der Waals surface area contributed by atoms with Gasteiger partial charge in [-0.05, 0) is 64.4 Å². The molecule has 0 bridgehead atoms. The first kappa shape index (κ1) is 12.1. The van der Waals surface area contributed by atoms with E-state index < -0.39 is 0 Å². The van der Waals surface area contributed by atoms with Gasteiger partial charge < -0.3 is 0 Å². The summed E-state index contributed by atoms with van der Waals surface area (Å²) in [7, 11) is 0. The number of allylic oxidation sites excluding steroid dienone is 2. The Morgan fingerprint density at radius 2 is 1.20 bits per heavy atom. The molecule has 0 fully saturated rings. The van der Waals surface area contributed by atoms with Crippen LogP contribution >= 0.6 is 92.2 Å². The monoisotopic (exact) mass is 496 g/mol. The molecule has 6 heteroatoms. The maximum absolute atomic E-state index is 2.44. The van der Waals surface area contributed by atoms with E-state index in [4.69, 9.17) is 0 Å². The molecule has 3 rings (SSSR count). The minimum Gasteiger partial charge on any atom is -0.0846 e. The summed E-state index contributed by atoms with van der Waals surface area (Å²) in [5.41, 5.74) is 0. The largest absolute Gasteiger partial charge is 0.0846 e. The number of thioether (sulfide) groups is 4. The molecule has 0 saturated heterocycles. The van der Waals surface area contributed by atoms with Crippen LogP contribution < -0.4 is 0 Å². The molecular formula is C9H6I2S4. The lowest BCUT2D eigenvalue weighted by Crippen LogP contribution is -1.71. The van der Waals surface area contributed by atoms with Crippen molar-refractivity contribution < 1.29 is 0 Å². The fraction of sp³-hybridized carbons (Fsp3) is 0.333. The van der Waals surface area contributed by atoms with Crippen molar-refractivity contribution in [1.29, 1.82) is 0 Å². The van der Waals surface area contributed by atoms with Crippen molar-refractivity contribution in [3.05, 3.63) is 24.1 Å². The van der Waals surface area contributed by atoms with E-state index in [-0.39, 0.29) is 0 Å². The van der Waals surface area contributed by atoms with Crippen LogP contribution in [-0.4, -0.2) is 0 Å². The molecule has 2 heterocycles. The third kappa shape index (κ3) is 2.45. The molecule has 2 aliphatic heterocycles. The van der Waals surface area contributed by atoms with Crippen LogP contribution in [0.15, 0.2) is 24.1 Å². The van der Waals surface area contributed by atoms with Gasteiger partial charge in [0, 0.05) is 9.81 Å². The van der Waals surface area contributed by atoms with E-state index in [1.165, 1.54) is 33.6 Å². The third-order valence-electron chi connectivity index (χ3n) is 2.24. The molecule has 0 amide bonds. The Kier molecular flexibility index (Phi) is 4.03. The molecule has 3 aliphatic rings. The molecule has 15 heavy (non-hydrogen) atoms. The summed E-state index contributed by atoms with van der Waals surface area (Å²) in [6.45, 7) is 0. The number of halogens is 2. The molecule has 0 aromatic rings. The Hall–Kier alpha value is 2.08. The maximum atomic E-state index is 2.44. The smallest absolute Gasteiger partial charge is 0.0715 e. The van der Waals surface area contributed by atoms with E-state index in [1.807, 2.05) is 47.0 Å². The summed E-state index contributed by atoms with van der Waals surface area (Å²) in [5.74, 6) is 0. The highest BCUT2D eigenvalue weighted by atomic mass is 127. The van der Waals surface area contributed by atoms with E-state index >= 15 is 0 Å². The standard InChI is InChI=1S/C9H6I2S4/c10-6-7(11)15-9(14-6)8-12-4-2-1-3-5(4)13-8/h1-3H2. The van der Waals surface area contributed by atoms with E-state index in [0.29, 0.717) is 0 Å². The Bertz CT molecular complexity index is 388. The molecule has 0 radical (unpaired) electrons. The molecule has 80 valence electrons. The quantitative estimate of drug-likeness (QED) is 0.353. The van der Waals surface area contributed by atoms with Crippen LogP contribution in [0.1, 0.15) is 19.3 Å². The van der Waals surface area contributed by atoms with Crippen LogP contribution in [0, 0.1) is 0 Å². The van der Waals surface area contributed by atoms with Crippen LogP contribution in [-0.2, 0) is 0 Å². The van der Waals surface area contributed by atoms with Gasteiger partial charge in [-0.2, -0.15) is 0 Å². The lowest BCUT2D eigenvalue weighted by molar-refractivity contribution is 0.921. The van der Waals surface area contributed by atoms with E-state index in [9.17, 15) is 0 Å². The molecule has 0 unspecified atom stereocenters. The first-order valence-electron chi connectivity index (χ1n) is 4.47. The van der Waals surface area contributed by atoms with Gasteiger partial charge in [-0.1, -0.05) is 47.0 Å². The zero-order chi connectivity index (χ0) is 10.4. The van der Waals surface area contributed by atoms with Crippen LogP contribution in [0.2, 0.25) is 0 Å². The highest BCUT2D eigenvalue weighted by Crippen LogP contribution is 2.64. The summed E-state index contributed by atoms with van der Waals surface area (Å²) in [6.07, 6.45) is 4.02. The van der Waals surface area contributed by atoms with E-state index in [2.05, 4.69) is 45.2 Å². The Balaban J connectivity index is 1.80. The van der Waals surface area contributed by atoms with Crippen molar-refractivity contribution in [2.75, 3.05) is 0 Å². The van der Waals surface area contributed by atoms with Gasteiger partial charge in [0.15, 0.2) is 0 Å². The number of hydrogen-bond donors (Lipinski definition) is 0. The Morgan fingerprint density at radius 3 is 1.73 bits per heavy atom. The van der Waals surface area contributed by atoms with Crippen LogP contribution in [0.25, 0.3) is 0 Å². The molecule has 0 nitrogen and oxygen atoms in total. The van der Waals surface area contributed by atoms with Crippen molar-refractivity contribution in [3.63, 3.8) is 0 Å². The average molecular weight is 496 g/mol. The third-order valence-corrected chi connectivity index (χ3v) is 11.9. The second-order valence-electron chi connectivity index (χ2n) is 3.23. The summed E-state index contributed by atoms with van der Waals surface area (Å²) < 4.78 is 5.92.